The van der Waals surface area contributed by atoms with Crippen LogP contribution in [0.1, 0.15) is 59.8 Å². The second-order valence-electron chi connectivity index (χ2n) is 8.50. The molecule has 25 heavy (non-hydrogen) atoms. The molecule has 140 valence electrons. The number of ether oxygens (including phenoxy) is 1. The molecule has 0 bridgehead atoms. The van der Waals surface area contributed by atoms with Crippen LogP contribution in [0.2, 0.25) is 0 Å². The van der Waals surface area contributed by atoms with Gasteiger partial charge < -0.3 is 14.5 Å². The van der Waals surface area contributed by atoms with Crippen LogP contribution in [0.25, 0.3) is 0 Å². The minimum absolute atomic E-state index is 0.0505. The number of rotatable bonds is 2. The lowest BCUT2D eigenvalue weighted by molar-refractivity contribution is -0.136. The molecule has 2 fully saturated rings. The quantitative estimate of drug-likeness (QED) is 0.767. The maximum Gasteiger partial charge on any atom is 0.410 e. The lowest BCUT2D eigenvalue weighted by Crippen LogP contribution is -2.56. The number of carbonyl (C=O) groups excluding carboxylic acids is 2. The molecule has 0 aromatic rings. The van der Waals surface area contributed by atoms with E-state index in [0.717, 1.165) is 12.8 Å². The summed E-state index contributed by atoms with van der Waals surface area (Å²) >= 11 is 0. The Kier molecular flexibility index (Phi) is 6.31. The molecule has 1 saturated carbocycles. The van der Waals surface area contributed by atoms with Gasteiger partial charge in [0, 0.05) is 19.5 Å². The van der Waals surface area contributed by atoms with E-state index in [1.165, 1.54) is 17.7 Å². The Bertz CT molecular complexity index is 535. The van der Waals surface area contributed by atoms with E-state index in [1.807, 2.05) is 20.8 Å². The van der Waals surface area contributed by atoms with Crippen molar-refractivity contribution in [3.8, 4) is 6.07 Å². The highest BCUT2D eigenvalue weighted by atomic mass is 16.6. The highest BCUT2D eigenvalue weighted by Crippen LogP contribution is 2.31. The van der Waals surface area contributed by atoms with Gasteiger partial charge >= 0.3 is 6.09 Å². The Morgan fingerprint density at radius 3 is 2.56 bits per heavy atom. The van der Waals surface area contributed by atoms with Crippen LogP contribution < -0.4 is 0 Å². The molecule has 0 N–H and O–H groups in total. The molecule has 1 aliphatic heterocycles. The summed E-state index contributed by atoms with van der Waals surface area (Å²) in [7, 11) is 0. The van der Waals surface area contributed by atoms with Crippen molar-refractivity contribution in [2.75, 3.05) is 19.6 Å². The predicted molar refractivity (Wildman–Crippen MR) is 94.7 cm³/mol. The molecule has 0 radical (unpaired) electrons. The van der Waals surface area contributed by atoms with Crippen molar-refractivity contribution >= 4 is 12.0 Å². The molecule has 0 spiro atoms. The molecule has 3 atom stereocenters. The highest BCUT2D eigenvalue weighted by Gasteiger charge is 2.35. The van der Waals surface area contributed by atoms with Gasteiger partial charge in [-0.3, -0.25) is 4.79 Å². The Labute approximate surface area is 151 Å². The molecule has 2 aliphatic rings. The third-order valence-corrected chi connectivity index (χ3v) is 5.01. The van der Waals surface area contributed by atoms with Gasteiger partial charge in [0.1, 0.15) is 11.6 Å². The van der Waals surface area contributed by atoms with E-state index < -0.39 is 17.7 Å². The van der Waals surface area contributed by atoms with Crippen LogP contribution in [-0.2, 0) is 9.53 Å². The van der Waals surface area contributed by atoms with Gasteiger partial charge in [-0.25, -0.2) is 4.79 Å². The summed E-state index contributed by atoms with van der Waals surface area (Å²) in [5, 5.41) is 9.47. The first kappa shape index (κ1) is 19.6. The largest absolute Gasteiger partial charge is 0.444 e. The number of amides is 2. The average Bonchev–Trinajstić information content (AvgIpc) is 2.52. The Balaban J connectivity index is 1.92. The monoisotopic (exact) mass is 349 g/mol. The van der Waals surface area contributed by atoms with Crippen LogP contribution >= 0.6 is 0 Å². The van der Waals surface area contributed by atoms with Crippen molar-refractivity contribution in [3.05, 3.63) is 0 Å². The average molecular weight is 349 g/mol. The fourth-order valence-electron chi connectivity index (χ4n) is 3.79. The molecule has 2 amide bonds. The number of hydrogen-bond acceptors (Lipinski definition) is 4. The summed E-state index contributed by atoms with van der Waals surface area (Å²) in [5.74, 6) is 1.16. The zero-order valence-corrected chi connectivity index (χ0v) is 16.0. The first-order valence-electron chi connectivity index (χ1n) is 9.36. The Morgan fingerprint density at radius 1 is 1.24 bits per heavy atom. The lowest BCUT2D eigenvalue weighted by Gasteiger charge is -2.39. The van der Waals surface area contributed by atoms with Crippen LogP contribution in [0, 0.1) is 23.2 Å². The van der Waals surface area contributed by atoms with Crippen molar-refractivity contribution in [1.82, 2.24) is 9.80 Å². The van der Waals surface area contributed by atoms with Crippen LogP contribution in [0.3, 0.4) is 0 Å². The summed E-state index contributed by atoms with van der Waals surface area (Å²) < 4.78 is 5.37. The van der Waals surface area contributed by atoms with Crippen LogP contribution in [-0.4, -0.2) is 53.1 Å². The SMILES string of the molecule is CC1CCCC(CC(=O)N2CCN(C(=O)OC(C)(C)C)CC2C#N)C1. The van der Waals surface area contributed by atoms with E-state index in [2.05, 4.69) is 13.0 Å². The Morgan fingerprint density at radius 2 is 1.96 bits per heavy atom. The van der Waals surface area contributed by atoms with E-state index in [4.69, 9.17) is 4.74 Å². The topological polar surface area (TPSA) is 73.6 Å². The summed E-state index contributed by atoms with van der Waals surface area (Å²) in [6.45, 7) is 8.73. The zero-order valence-electron chi connectivity index (χ0n) is 16.0. The fourth-order valence-corrected chi connectivity index (χ4v) is 3.79. The first-order valence-corrected chi connectivity index (χ1v) is 9.36. The minimum Gasteiger partial charge on any atom is -0.444 e. The van der Waals surface area contributed by atoms with Gasteiger partial charge in [0.15, 0.2) is 0 Å². The molecule has 6 heteroatoms. The first-order chi connectivity index (χ1) is 11.7. The third kappa shape index (κ3) is 5.62. The molecule has 2 rings (SSSR count). The predicted octanol–water partition coefficient (Wildman–Crippen LogP) is 3.17. The molecule has 0 aromatic heterocycles. The van der Waals surface area contributed by atoms with E-state index in [9.17, 15) is 14.9 Å². The Hall–Kier alpha value is -1.77. The molecule has 1 heterocycles. The van der Waals surface area contributed by atoms with Crippen LogP contribution in [0.5, 0.6) is 0 Å². The van der Waals surface area contributed by atoms with Gasteiger partial charge in [-0.2, -0.15) is 5.26 Å². The van der Waals surface area contributed by atoms with Crippen molar-refractivity contribution in [2.45, 2.75) is 71.4 Å². The van der Waals surface area contributed by atoms with Crippen molar-refractivity contribution in [2.24, 2.45) is 11.8 Å². The summed E-state index contributed by atoms with van der Waals surface area (Å²) in [5.41, 5.74) is -0.566. The van der Waals surface area contributed by atoms with Gasteiger partial charge in [-0.1, -0.05) is 19.8 Å². The smallest absolute Gasteiger partial charge is 0.410 e. The highest BCUT2D eigenvalue weighted by molar-refractivity contribution is 5.78. The maximum absolute atomic E-state index is 12.7. The summed E-state index contributed by atoms with van der Waals surface area (Å²) in [4.78, 5) is 28.1. The summed E-state index contributed by atoms with van der Waals surface area (Å²) in [6, 6.07) is 1.60. The lowest BCUT2D eigenvalue weighted by atomic mass is 9.80. The molecule has 1 aliphatic carbocycles. The van der Waals surface area contributed by atoms with E-state index in [1.54, 1.807) is 4.90 Å². The number of nitriles is 1. The summed E-state index contributed by atoms with van der Waals surface area (Å²) in [6.07, 6.45) is 4.75. The van der Waals surface area contributed by atoms with E-state index >= 15 is 0 Å². The van der Waals surface area contributed by atoms with Crippen molar-refractivity contribution in [1.29, 1.82) is 5.26 Å². The fraction of sp³-hybridized carbons (Fsp3) is 0.842. The van der Waals surface area contributed by atoms with Crippen molar-refractivity contribution in [3.63, 3.8) is 0 Å². The number of piperazine rings is 1. The van der Waals surface area contributed by atoms with E-state index in [-0.39, 0.29) is 12.5 Å². The molecule has 0 aromatic carbocycles. The number of nitrogens with zero attached hydrogens (tertiary/aromatic N) is 3. The normalized spacial score (nSPS) is 27.6. The number of hydrogen-bond donors (Lipinski definition) is 0. The third-order valence-electron chi connectivity index (χ3n) is 5.01. The minimum atomic E-state index is -0.588. The molecular weight excluding hydrogens is 318 g/mol. The van der Waals surface area contributed by atoms with Gasteiger partial charge in [0.05, 0.1) is 12.6 Å². The standard InChI is InChI=1S/C19H31N3O3/c1-14-6-5-7-15(10-14)11-17(23)22-9-8-21(13-16(22)12-20)18(24)25-19(2,3)4/h14-16H,5-11,13H2,1-4H3. The van der Waals surface area contributed by atoms with Crippen LogP contribution in [0.4, 0.5) is 4.79 Å². The zero-order chi connectivity index (χ0) is 18.6. The number of carbonyl (C=O) groups is 2. The van der Waals surface area contributed by atoms with Gasteiger partial charge in [-0.15, -0.1) is 0 Å². The molecule has 3 unspecified atom stereocenters. The molecule has 1 saturated heterocycles. The maximum atomic E-state index is 12.7. The van der Waals surface area contributed by atoms with Gasteiger partial charge in [0.25, 0.3) is 0 Å². The second-order valence-corrected chi connectivity index (χ2v) is 8.50. The molecular formula is C19H31N3O3. The van der Waals surface area contributed by atoms with Gasteiger partial charge in [-0.05, 0) is 45.4 Å². The van der Waals surface area contributed by atoms with Gasteiger partial charge in [0.2, 0.25) is 5.91 Å². The molecule has 6 nitrogen and oxygen atoms in total. The second kappa shape index (κ2) is 8.07. The van der Waals surface area contributed by atoms with E-state index in [0.29, 0.717) is 31.3 Å². The van der Waals surface area contributed by atoms with Crippen molar-refractivity contribution < 1.29 is 14.3 Å². The van der Waals surface area contributed by atoms with Crippen LogP contribution in [0.15, 0.2) is 0 Å².